The first-order chi connectivity index (χ1) is 8.99. The van der Waals surface area contributed by atoms with Gasteiger partial charge in [0.15, 0.2) is 0 Å². The van der Waals surface area contributed by atoms with E-state index in [2.05, 4.69) is 51.2 Å². The van der Waals surface area contributed by atoms with E-state index in [9.17, 15) is 0 Å². The maximum Gasteiger partial charge on any atom is 0.123 e. The second-order valence-corrected chi connectivity index (χ2v) is 5.50. The number of aliphatic hydroxyl groups excluding tert-OH is 1. The van der Waals surface area contributed by atoms with Gasteiger partial charge in [-0.3, -0.25) is 0 Å². The van der Waals surface area contributed by atoms with E-state index >= 15 is 0 Å². The minimum atomic E-state index is 0.203. The van der Waals surface area contributed by atoms with Gasteiger partial charge in [0.2, 0.25) is 0 Å². The predicted molar refractivity (Wildman–Crippen MR) is 79.6 cm³/mol. The summed E-state index contributed by atoms with van der Waals surface area (Å²) in [5.41, 5.74) is 2.36. The highest BCUT2D eigenvalue weighted by atomic mass is 16.5. The van der Waals surface area contributed by atoms with Gasteiger partial charge >= 0.3 is 0 Å². The first kappa shape index (κ1) is 16.0. The number of hydrogen-bond acceptors (Lipinski definition) is 3. The second-order valence-electron chi connectivity index (χ2n) is 5.50. The van der Waals surface area contributed by atoms with Crippen LogP contribution in [0.15, 0.2) is 18.2 Å². The molecule has 0 bridgehead atoms. The number of hydrogen-bond donors (Lipinski definition) is 2. The number of ether oxygens (including phenoxy) is 1. The van der Waals surface area contributed by atoms with Crippen molar-refractivity contribution in [2.45, 2.75) is 46.2 Å². The van der Waals surface area contributed by atoms with Crippen LogP contribution in [0.4, 0.5) is 0 Å². The van der Waals surface area contributed by atoms with Gasteiger partial charge in [-0.15, -0.1) is 0 Å². The van der Waals surface area contributed by atoms with Crippen LogP contribution in [-0.4, -0.2) is 24.9 Å². The van der Waals surface area contributed by atoms with Crippen LogP contribution in [0.2, 0.25) is 0 Å². The molecule has 0 saturated carbocycles. The lowest BCUT2D eigenvalue weighted by molar-refractivity contribution is 0.236. The smallest absolute Gasteiger partial charge is 0.123 e. The van der Waals surface area contributed by atoms with Crippen molar-refractivity contribution < 1.29 is 9.84 Å². The molecule has 0 fully saturated rings. The normalized spacial score (nSPS) is 14.5. The molecule has 0 heterocycles. The molecule has 19 heavy (non-hydrogen) atoms. The van der Waals surface area contributed by atoms with E-state index in [0.29, 0.717) is 12.0 Å². The van der Waals surface area contributed by atoms with Crippen molar-refractivity contribution in [2.24, 2.45) is 5.92 Å². The molecular formula is C16H27NO2. The highest BCUT2D eigenvalue weighted by Crippen LogP contribution is 2.27. The van der Waals surface area contributed by atoms with Crippen LogP contribution in [0.5, 0.6) is 5.75 Å². The quantitative estimate of drug-likeness (QED) is 0.796. The zero-order valence-electron chi connectivity index (χ0n) is 12.7. The van der Waals surface area contributed by atoms with Gasteiger partial charge in [0.25, 0.3) is 0 Å². The first-order valence-corrected chi connectivity index (χ1v) is 7.01. The molecule has 1 aromatic rings. The Bertz CT molecular complexity index is 390. The molecule has 3 nitrogen and oxygen atoms in total. The van der Waals surface area contributed by atoms with E-state index in [1.54, 1.807) is 7.11 Å². The average molecular weight is 265 g/mol. The fourth-order valence-electron chi connectivity index (χ4n) is 2.34. The van der Waals surface area contributed by atoms with Gasteiger partial charge in [0.1, 0.15) is 5.75 Å². The van der Waals surface area contributed by atoms with Gasteiger partial charge in [-0.1, -0.05) is 26.0 Å². The summed E-state index contributed by atoms with van der Waals surface area (Å²) in [6.07, 6.45) is 0.774. The summed E-state index contributed by atoms with van der Waals surface area (Å²) < 4.78 is 5.46. The van der Waals surface area contributed by atoms with E-state index in [-0.39, 0.29) is 12.6 Å². The van der Waals surface area contributed by atoms with Crippen LogP contribution in [0.25, 0.3) is 0 Å². The fourth-order valence-corrected chi connectivity index (χ4v) is 2.34. The summed E-state index contributed by atoms with van der Waals surface area (Å²) in [7, 11) is 1.71. The first-order valence-electron chi connectivity index (χ1n) is 7.01. The fraction of sp³-hybridized carbons (Fsp3) is 0.625. The number of aryl methyl sites for hydroxylation is 1. The zero-order chi connectivity index (χ0) is 14.4. The number of methoxy groups -OCH3 is 1. The van der Waals surface area contributed by atoms with Crippen molar-refractivity contribution in [3.05, 3.63) is 29.3 Å². The average Bonchev–Trinajstić information content (AvgIpc) is 2.37. The van der Waals surface area contributed by atoms with Crippen molar-refractivity contribution in [2.75, 3.05) is 13.7 Å². The van der Waals surface area contributed by atoms with E-state index in [1.807, 2.05) is 0 Å². The van der Waals surface area contributed by atoms with E-state index in [1.165, 1.54) is 5.56 Å². The Morgan fingerprint density at radius 1 is 1.26 bits per heavy atom. The molecule has 0 spiro atoms. The zero-order valence-corrected chi connectivity index (χ0v) is 12.7. The number of aliphatic hydroxyl groups is 1. The van der Waals surface area contributed by atoms with Crippen LogP contribution in [0, 0.1) is 12.8 Å². The molecule has 1 rings (SSSR count). The topological polar surface area (TPSA) is 41.5 Å². The van der Waals surface area contributed by atoms with Gasteiger partial charge < -0.3 is 15.2 Å². The molecule has 2 unspecified atom stereocenters. The lowest BCUT2D eigenvalue weighted by Gasteiger charge is -2.27. The van der Waals surface area contributed by atoms with Gasteiger partial charge in [0, 0.05) is 24.3 Å². The molecule has 2 atom stereocenters. The van der Waals surface area contributed by atoms with Crippen LogP contribution >= 0.6 is 0 Å². The van der Waals surface area contributed by atoms with Crippen LogP contribution in [-0.2, 0) is 0 Å². The Hall–Kier alpha value is -1.06. The SMILES string of the molecule is COc1cc(C)ccc1C(C)NC(CCO)C(C)C. The highest BCUT2D eigenvalue weighted by molar-refractivity contribution is 5.39. The Labute approximate surface area is 117 Å². The van der Waals surface area contributed by atoms with Crippen LogP contribution in [0.3, 0.4) is 0 Å². The number of benzene rings is 1. The van der Waals surface area contributed by atoms with Crippen molar-refractivity contribution in [3.63, 3.8) is 0 Å². The lowest BCUT2D eigenvalue weighted by atomic mass is 9.98. The summed E-state index contributed by atoms with van der Waals surface area (Å²) in [4.78, 5) is 0. The number of rotatable bonds is 7. The predicted octanol–water partition coefficient (Wildman–Crippen LogP) is 3.06. The molecule has 3 heteroatoms. The third kappa shape index (κ3) is 4.51. The molecule has 2 N–H and O–H groups in total. The largest absolute Gasteiger partial charge is 0.496 e. The second kappa shape index (κ2) is 7.51. The molecule has 0 amide bonds. The van der Waals surface area contributed by atoms with E-state index < -0.39 is 0 Å². The molecule has 0 aliphatic carbocycles. The Morgan fingerprint density at radius 3 is 2.47 bits per heavy atom. The Morgan fingerprint density at radius 2 is 1.95 bits per heavy atom. The standard InChI is InChI=1S/C16H27NO2/c1-11(2)15(8-9-18)17-13(4)14-7-6-12(3)10-16(14)19-5/h6-7,10-11,13,15,17-18H,8-9H2,1-5H3. The van der Waals surface area contributed by atoms with Gasteiger partial charge in [0.05, 0.1) is 7.11 Å². The molecule has 1 aromatic carbocycles. The molecule has 0 radical (unpaired) electrons. The molecule has 0 aliphatic rings. The maximum absolute atomic E-state index is 9.14. The molecule has 0 saturated heterocycles. The van der Waals surface area contributed by atoms with Crippen molar-refractivity contribution >= 4 is 0 Å². The minimum Gasteiger partial charge on any atom is -0.496 e. The summed E-state index contributed by atoms with van der Waals surface area (Å²) in [6, 6.07) is 6.79. The molecular weight excluding hydrogens is 238 g/mol. The summed E-state index contributed by atoms with van der Waals surface area (Å²) in [6.45, 7) is 8.76. The van der Waals surface area contributed by atoms with Gasteiger partial charge in [-0.05, 0) is 37.8 Å². The van der Waals surface area contributed by atoms with E-state index in [0.717, 1.165) is 17.7 Å². The highest BCUT2D eigenvalue weighted by Gasteiger charge is 2.18. The molecule has 108 valence electrons. The maximum atomic E-state index is 9.14. The molecule has 0 aliphatic heterocycles. The number of nitrogens with one attached hydrogen (secondary N) is 1. The van der Waals surface area contributed by atoms with E-state index in [4.69, 9.17) is 9.84 Å². The third-order valence-corrected chi connectivity index (χ3v) is 3.56. The van der Waals surface area contributed by atoms with Crippen molar-refractivity contribution in [3.8, 4) is 5.75 Å². The van der Waals surface area contributed by atoms with Crippen LogP contribution in [0.1, 0.15) is 44.4 Å². The summed E-state index contributed by atoms with van der Waals surface area (Å²) in [5.74, 6) is 1.41. The third-order valence-electron chi connectivity index (χ3n) is 3.56. The van der Waals surface area contributed by atoms with Crippen molar-refractivity contribution in [1.29, 1.82) is 0 Å². The van der Waals surface area contributed by atoms with Gasteiger partial charge in [-0.2, -0.15) is 0 Å². The Balaban J connectivity index is 2.84. The molecule has 0 aromatic heterocycles. The summed E-state index contributed by atoms with van der Waals surface area (Å²) >= 11 is 0. The Kier molecular flexibility index (Phi) is 6.32. The monoisotopic (exact) mass is 265 g/mol. The van der Waals surface area contributed by atoms with Gasteiger partial charge in [-0.25, -0.2) is 0 Å². The lowest BCUT2D eigenvalue weighted by Crippen LogP contribution is -2.36. The van der Waals surface area contributed by atoms with Crippen LogP contribution < -0.4 is 10.1 Å². The summed E-state index contributed by atoms with van der Waals surface area (Å²) in [5, 5.41) is 12.7. The van der Waals surface area contributed by atoms with Crippen molar-refractivity contribution in [1.82, 2.24) is 5.32 Å². The minimum absolute atomic E-state index is 0.203.